The van der Waals surface area contributed by atoms with Gasteiger partial charge in [0.25, 0.3) is 0 Å². The molecule has 0 unspecified atom stereocenters. The fourth-order valence-corrected chi connectivity index (χ4v) is 4.03. The van der Waals surface area contributed by atoms with Crippen molar-refractivity contribution in [1.29, 1.82) is 0 Å². The van der Waals surface area contributed by atoms with E-state index in [1.807, 2.05) is 24.3 Å². The highest BCUT2D eigenvalue weighted by molar-refractivity contribution is 5.79. The second-order valence-electron chi connectivity index (χ2n) is 7.99. The molecule has 1 aromatic heterocycles. The van der Waals surface area contributed by atoms with Crippen LogP contribution in [-0.2, 0) is 11.3 Å². The number of hydrogen-bond acceptors (Lipinski definition) is 5. The van der Waals surface area contributed by atoms with Crippen molar-refractivity contribution in [2.24, 2.45) is 5.92 Å². The van der Waals surface area contributed by atoms with Crippen LogP contribution in [0.15, 0.2) is 59.2 Å². The average Bonchev–Trinajstić information content (AvgIpc) is 3.35. The summed E-state index contributed by atoms with van der Waals surface area (Å²) in [7, 11) is 0. The fourth-order valence-electron chi connectivity index (χ4n) is 4.03. The van der Waals surface area contributed by atoms with Gasteiger partial charge in [0.1, 0.15) is 24.6 Å². The first kappa shape index (κ1) is 20.2. The minimum Gasteiger partial charge on any atom is -0.449 e. The summed E-state index contributed by atoms with van der Waals surface area (Å²) in [5.74, 6) is 0.698. The van der Waals surface area contributed by atoms with Gasteiger partial charge in [-0.25, -0.2) is 9.78 Å². The number of alkyl carbamates (subject to hydrolysis) is 1. The number of fused-ring (bicyclic) bond motifs is 3. The van der Waals surface area contributed by atoms with E-state index in [2.05, 4.69) is 48.4 Å². The van der Waals surface area contributed by atoms with Crippen LogP contribution in [0.1, 0.15) is 54.9 Å². The lowest BCUT2D eigenvalue weighted by molar-refractivity contribution is 0.135. The molecule has 156 valence electrons. The van der Waals surface area contributed by atoms with Gasteiger partial charge in [-0.15, -0.1) is 0 Å². The van der Waals surface area contributed by atoms with Crippen molar-refractivity contribution in [1.82, 2.24) is 10.3 Å². The van der Waals surface area contributed by atoms with Crippen molar-refractivity contribution in [3.8, 4) is 11.1 Å². The van der Waals surface area contributed by atoms with Crippen LogP contribution < -0.4 is 5.32 Å². The molecule has 1 heterocycles. The van der Waals surface area contributed by atoms with E-state index in [1.54, 1.807) is 0 Å². The average molecular weight is 406 g/mol. The largest absolute Gasteiger partial charge is 0.449 e. The Balaban J connectivity index is 1.46. The predicted molar refractivity (Wildman–Crippen MR) is 113 cm³/mol. The number of hydrogen-bond donors (Lipinski definition) is 2. The zero-order chi connectivity index (χ0) is 21.1. The molecule has 6 heteroatoms. The normalized spacial score (nSPS) is 13.7. The Kier molecular flexibility index (Phi) is 5.86. The Bertz CT molecular complexity index is 982. The van der Waals surface area contributed by atoms with E-state index < -0.39 is 12.1 Å². The van der Waals surface area contributed by atoms with Crippen molar-refractivity contribution < 1.29 is 19.1 Å². The van der Waals surface area contributed by atoms with Gasteiger partial charge in [0.05, 0.1) is 6.61 Å². The van der Waals surface area contributed by atoms with Crippen molar-refractivity contribution in [3.63, 3.8) is 0 Å². The van der Waals surface area contributed by atoms with Crippen LogP contribution in [0.3, 0.4) is 0 Å². The summed E-state index contributed by atoms with van der Waals surface area (Å²) in [6.45, 7) is 4.16. The molecule has 2 N–H and O–H groups in total. The number of oxazole rings is 1. The topological polar surface area (TPSA) is 84.6 Å². The van der Waals surface area contributed by atoms with E-state index in [9.17, 15) is 9.90 Å². The molecule has 0 bridgehead atoms. The van der Waals surface area contributed by atoms with Gasteiger partial charge >= 0.3 is 6.09 Å². The lowest BCUT2D eigenvalue weighted by atomic mass is 9.98. The molecule has 0 aliphatic heterocycles. The second-order valence-corrected chi connectivity index (χ2v) is 7.99. The van der Waals surface area contributed by atoms with Crippen LogP contribution in [-0.4, -0.2) is 22.8 Å². The molecule has 0 spiro atoms. The van der Waals surface area contributed by atoms with Crippen molar-refractivity contribution in [2.75, 3.05) is 6.61 Å². The van der Waals surface area contributed by atoms with Crippen LogP contribution in [0, 0.1) is 5.92 Å². The second kappa shape index (κ2) is 8.71. The van der Waals surface area contributed by atoms with E-state index in [4.69, 9.17) is 9.15 Å². The number of aliphatic hydroxyl groups excluding tert-OH is 1. The number of nitrogens with one attached hydrogen (secondary N) is 1. The third kappa shape index (κ3) is 4.09. The molecule has 1 amide bonds. The van der Waals surface area contributed by atoms with Crippen molar-refractivity contribution in [2.45, 2.75) is 38.8 Å². The summed E-state index contributed by atoms with van der Waals surface area (Å²) in [5, 5.41) is 12.1. The summed E-state index contributed by atoms with van der Waals surface area (Å²) in [6.07, 6.45) is 1.55. The fraction of sp³-hybridized carbons (Fsp3) is 0.333. The summed E-state index contributed by atoms with van der Waals surface area (Å²) in [6, 6.07) is 16.1. The highest BCUT2D eigenvalue weighted by Gasteiger charge is 2.29. The van der Waals surface area contributed by atoms with E-state index in [-0.39, 0.29) is 19.1 Å². The van der Waals surface area contributed by atoms with Crippen molar-refractivity contribution in [3.05, 3.63) is 77.5 Å². The van der Waals surface area contributed by atoms with Gasteiger partial charge in [0, 0.05) is 5.92 Å². The third-order valence-electron chi connectivity index (χ3n) is 5.37. The Morgan fingerprint density at radius 3 is 2.33 bits per heavy atom. The number of nitrogens with zero attached hydrogens (tertiary/aromatic N) is 1. The number of carbonyl (C=O) groups is 1. The quantitative estimate of drug-likeness (QED) is 0.589. The summed E-state index contributed by atoms with van der Waals surface area (Å²) in [4.78, 5) is 16.9. The van der Waals surface area contributed by atoms with E-state index >= 15 is 0 Å². The highest BCUT2D eigenvalue weighted by atomic mass is 16.5. The molecule has 1 aliphatic rings. The molecule has 1 atom stereocenters. The maximum absolute atomic E-state index is 12.6. The number of rotatable bonds is 7. The Hall–Kier alpha value is -3.12. The molecule has 4 rings (SSSR count). The van der Waals surface area contributed by atoms with Gasteiger partial charge in [0.15, 0.2) is 0 Å². The van der Waals surface area contributed by atoms with Gasteiger partial charge in [-0.3, -0.25) is 0 Å². The van der Waals surface area contributed by atoms with Crippen LogP contribution >= 0.6 is 0 Å². The highest BCUT2D eigenvalue weighted by Crippen LogP contribution is 2.44. The van der Waals surface area contributed by atoms with Crippen molar-refractivity contribution >= 4 is 6.09 Å². The monoisotopic (exact) mass is 406 g/mol. The third-order valence-corrected chi connectivity index (χ3v) is 5.37. The van der Waals surface area contributed by atoms with Crippen LogP contribution in [0.5, 0.6) is 0 Å². The van der Waals surface area contributed by atoms with Crippen LogP contribution in [0.25, 0.3) is 11.1 Å². The number of carbonyl (C=O) groups excluding carboxylic acids is 1. The molecule has 30 heavy (non-hydrogen) atoms. The van der Waals surface area contributed by atoms with E-state index in [0.29, 0.717) is 23.9 Å². The smallest absolute Gasteiger partial charge is 0.407 e. The molecule has 1 aliphatic carbocycles. The summed E-state index contributed by atoms with van der Waals surface area (Å²) < 4.78 is 11.1. The zero-order valence-corrected chi connectivity index (χ0v) is 17.2. The van der Waals surface area contributed by atoms with Gasteiger partial charge in [-0.2, -0.15) is 0 Å². The van der Waals surface area contributed by atoms with Gasteiger partial charge in [-0.1, -0.05) is 62.4 Å². The Morgan fingerprint density at radius 1 is 1.13 bits per heavy atom. The number of benzene rings is 2. The standard InChI is InChI=1S/C24H26N2O4/c1-15(2)11-22(23-25-16(12-27)13-29-23)26-24(28)30-14-21-19-9-5-3-7-17(19)18-8-4-6-10-20(18)21/h3-10,13,15,21-22,27H,11-12,14H2,1-2H3,(H,26,28)/t22-/m0/s1. The van der Waals surface area contributed by atoms with Gasteiger partial charge < -0.3 is 19.6 Å². The minimum atomic E-state index is -0.508. The molecule has 0 fully saturated rings. The minimum absolute atomic E-state index is 0.00873. The van der Waals surface area contributed by atoms with Gasteiger partial charge in [-0.05, 0) is 34.6 Å². The van der Waals surface area contributed by atoms with Crippen LogP contribution in [0.4, 0.5) is 4.79 Å². The molecule has 2 aromatic carbocycles. The molecule has 0 saturated heterocycles. The SMILES string of the molecule is CC(C)C[C@H](NC(=O)OCC1c2ccccc2-c2ccccc21)c1nc(CO)co1. The van der Waals surface area contributed by atoms with Crippen LogP contribution in [0.2, 0.25) is 0 Å². The van der Waals surface area contributed by atoms with Gasteiger partial charge in [0.2, 0.25) is 5.89 Å². The molecule has 6 nitrogen and oxygen atoms in total. The lowest BCUT2D eigenvalue weighted by Gasteiger charge is -2.19. The van der Waals surface area contributed by atoms with E-state index in [1.165, 1.54) is 28.5 Å². The maximum Gasteiger partial charge on any atom is 0.407 e. The zero-order valence-electron chi connectivity index (χ0n) is 17.2. The Morgan fingerprint density at radius 2 is 1.77 bits per heavy atom. The number of amides is 1. The Labute approximate surface area is 175 Å². The number of ether oxygens (including phenoxy) is 1. The van der Waals surface area contributed by atoms with E-state index in [0.717, 1.165) is 0 Å². The summed E-state index contributed by atoms with van der Waals surface area (Å²) in [5.41, 5.74) is 5.16. The molecular weight excluding hydrogens is 380 g/mol. The first-order valence-electron chi connectivity index (χ1n) is 10.2. The first-order chi connectivity index (χ1) is 14.6. The maximum atomic E-state index is 12.6. The molecule has 0 saturated carbocycles. The lowest BCUT2D eigenvalue weighted by Crippen LogP contribution is -2.31. The molecule has 3 aromatic rings. The first-order valence-corrected chi connectivity index (χ1v) is 10.2. The molecular formula is C24H26N2O4. The predicted octanol–water partition coefficient (Wildman–Crippen LogP) is 4.79. The summed E-state index contributed by atoms with van der Waals surface area (Å²) >= 11 is 0. The number of aromatic nitrogens is 1. The molecule has 0 radical (unpaired) electrons. The number of aliphatic hydroxyl groups is 1.